The van der Waals surface area contributed by atoms with Crippen LogP contribution >= 0.6 is 0 Å². The van der Waals surface area contributed by atoms with Crippen LogP contribution in [0.3, 0.4) is 0 Å². The van der Waals surface area contributed by atoms with Crippen molar-refractivity contribution >= 4 is 5.82 Å². The molecule has 1 aromatic heterocycles. The third-order valence-corrected chi connectivity index (χ3v) is 3.91. The summed E-state index contributed by atoms with van der Waals surface area (Å²) in [4.78, 5) is 10.9. The molecule has 0 spiro atoms. The molecule has 0 aliphatic carbocycles. The van der Waals surface area contributed by atoms with Gasteiger partial charge in [-0.15, -0.1) is 0 Å². The number of rotatable bonds is 4. The van der Waals surface area contributed by atoms with Crippen molar-refractivity contribution in [3.8, 4) is 11.3 Å². The Balaban J connectivity index is 1.80. The molecule has 0 radical (unpaired) electrons. The minimum Gasteiger partial charge on any atom is -0.358 e. The summed E-state index contributed by atoms with van der Waals surface area (Å²) in [5, 5.41) is 3.26. The lowest BCUT2D eigenvalue weighted by molar-refractivity contribution is 0.352. The normalized spacial score (nSPS) is 14.8. The molecule has 3 rings (SSSR count). The fourth-order valence-corrected chi connectivity index (χ4v) is 2.56. The summed E-state index contributed by atoms with van der Waals surface area (Å²) in [6, 6.07) is 5.04. The first-order valence-electron chi connectivity index (χ1n) is 7.14. The maximum atomic E-state index is 13.9. The number of nitrogens with zero attached hydrogens (tertiary/aromatic N) is 3. The zero-order chi connectivity index (χ0) is 14.8. The predicted molar refractivity (Wildman–Crippen MR) is 81.8 cm³/mol. The van der Waals surface area contributed by atoms with Crippen molar-refractivity contribution < 1.29 is 4.39 Å². The lowest BCUT2D eigenvalue weighted by Crippen LogP contribution is -2.47. The summed E-state index contributed by atoms with van der Waals surface area (Å²) in [5.41, 5.74) is 1.97. The van der Waals surface area contributed by atoms with Crippen LogP contribution in [-0.4, -0.2) is 36.6 Å². The van der Waals surface area contributed by atoms with Gasteiger partial charge in [0.25, 0.3) is 0 Å². The van der Waals surface area contributed by atoms with Crippen molar-refractivity contribution in [2.24, 2.45) is 5.92 Å². The second kappa shape index (κ2) is 5.77. The van der Waals surface area contributed by atoms with Crippen LogP contribution in [0.2, 0.25) is 0 Å². The van der Waals surface area contributed by atoms with Gasteiger partial charge in [0.05, 0.1) is 18.1 Å². The van der Waals surface area contributed by atoms with Crippen molar-refractivity contribution in [3.05, 3.63) is 42.0 Å². The lowest BCUT2D eigenvalue weighted by Gasteiger charge is -2.31. The first-order valence-corrected chi connectivity index (χ1v) is 7.14. The van der Waals surface area contributed by atoms with Gasteiger partial charge >= 0.3 is 0 Å². The van der Waals surface area contributed by atoms with Crippen molar-refractivity contribution in [3.63, 3.8) is 0 Å². The van der Waals surface area contributed by atoms with Crippen LogP contribution in [0.25, 0.3) is 11.3 Å². The van der Waals surface area contributed by atoms with Gasteiger partial charge in [0.2, 0.25) is 0 Å². The van der Waals surface area contributed by atoms with Crippen LogP contribution < -0.4 is 10.2 Å². The van der Waals surface area contributed by atoms with Crippen LogP contribution in [-0.2, 0) is 0 Å². The van der Waals surface area contributed by atoms with Crippen molar-refractivity contribution in [2.45, 2.75) is 6.92 Å². The second-order valence-electron chi connectivity index (χ2n) is 5.60. The van der Waals surface area contributed by atoms with E-state index in [2.05, 4.69) is 20.2 Å². The van der Waals surface area contributed by atoms with E-state index in [1.807, 2.05) is 20.0 Å². The van der Waals surface area contributed by atoms with Crippen LogP contribution in [0.5, 0.6) is 0 Å². The highest BCUT2D eigenvalue weighted by molar-refractivity contribution is 5.63. The molecule has 1 aliphatic heterocycles. The van der Waals surface area contributed by atoms with E-state index < -0.39 is 0 Å². The van der Waals surface area contributed by atoms with E-state index in [0.717, 1.165) is 31.0 Å². The molecule has 0 unspecified atom stereocenters. The highest BCUT2D eigenvalue weighted by atomic mass is 19.1. The molecule has 1 aromatic carbocycles. The molecule has 1 fully saturated rings. The summed E-state index contributed by atoms with van der Waals surface area (Å²) in [6.45, 7) is 4.96. The van der Waals surface area contributed by atoms with Crippen LogP contribution in [0.15, 0.2) is 30.6 Å². The third kappa shape index (κ3) is 2.88. The Kier molecular flexibility index (Phi) is 3.84. The SMILES string of the molecule is Cc1cccc(F)c1-c1cnc(N(C)CC2CNC2)cn1. The van der Waals surface area contributed by atoms with Crippen LogP contribution in [0.1, 0.15) is 5.56 Å². The largest absolute Gasteiger partial charge is 0.358 e. The standard InChI is InChI=1S/C16H19FN4/c1-11-4-3-5-13(17)16(11)14-8-20-15(9-19-14)21(2)10-12-6-18-7-12/h3-5,8-9,12,18H,6-7,10H2,1-2H3. The van der Waals surface area contributed by atoms with Crippen molar-refractivity contribution in [2.75, 3.05) is 31.6 Å². The van der Waals surface area contributed by atoms with E-state index in [0.29, 0.717) is 17.2 Å². The summed E-state index contributed by atoms with van der Waals surface area (Å²) in [7, 11) is 2.01. The summed E-state index contributed by atoms with van der Waals surface area (Å²) >= 11 is 0. The molecule has 0 saturated carbocycles. The second-order valence-corrected chi connectivity index (χ2v) is 5.60. The summed E-state index contributed by atoms with van der Waals surface area (Å²) in [6.07, 6.45) is 3.36. The van der Waals surface area contributed by atoms with E-state index in [1.165, 1.54) is 6.07 Å². The Morgan fingerprint density at radius 2 is 2.10 bits per heavy atom. The third-order valence-electron chi connectivity index (χ3n) is 3.91. The van der Waals surface area contributed by atoms with Crippen molar-refractivity contribution in [1.29, 1.82) is 0 Å². The number of hydrogen-bond donors (Lipinski definition) is 1. The predicted octanol–water partition coefficient (Wildman–Crippen LogP) is 2.25. The van der Waals surface area contributed by atoms with Gasteiger partial charge in [0.15, 0.2) is 0 Å². The molecule has 0 amide bonds. The minimum absolute atomic E-state index is 0.258. The zero-order valence-electron chi connectivity index (χ0n) is 12.3. The number of benzene rings is 1. The average molecular weight is 286 g/mol. The molecule has 21 heavy (non-hydrogen) atoms. The Bertz CT molecular complexity index is 602. The Labute approximate surface area is 124 Å². The minimum atomic E-state index is -0.258. The maximum absolute atomic E-state index is 13.9. The number of aryl methyl sites for hydroxylation is 1. The fraction of sp³-hybridized carbons (Fsp3) is 0.375. The Hall–Kier alpha value is -2.01. The van der Waals surface area contributed by atoms with Gasteiger partial charge in [-0.3, -0.25) is 4.98 Å². The number of hydrogen-bond acceptors (Lipinski definition) is 4. The quantitative estimate of drug-likeness (QED) is 0.936. The number of anilines is 1. The zero-order valence-corrected chi connectivity index (χ0v) is 12.3. The molecular formula is C16H19FN4. The van der Waals surface area contributed by atoms with Gasteiger partial charge in [0, 0.05) is 38.2 Å². The molecule has 2 aromatic rings. The van der Waals surface area contributed by atoms with E-state index in [1.54, 1.807) is 18.5 Å². The molecular weight excluding hydrogens is 267 g/mol. The van der Waals surface area contributed by atoms with Gasteiger partial charge in [-0.25, -0.2) is 9.37 Å². The molecule has 0 atom stereocenters. The van der Waals surface area contributed by atoms with E-state index in [-0.39, 0.29) is 5.82 Å². The monoisotopic (exact) mass is 286 g/mol. The first-order chi connectivity index (χ1) is 10.1. The number of halogens is 1. The smallest absolute Gasteiger partial charge is 0.146 e. The highest BCUT2D eigenvalue weighted by Crippen LogP contribution is 2.25. The molecule has 0 bridgehead atoms. The van der Waals surface area contributed by atoms with Crippen LogP contribution in [0.4, 0.5) is 10.2 Å². The number of nitrogens with one attached hydrogen (secondary N) is 1. The average Bonchev–Trinajstić information content (AvgIpc) is 2.43. The van der Waals surface area contributed by atoms with Crippen molar-refractivity contribution in [1.82, 2.24) is 15.3 Å². The first kappa shape index (κ1) is 13.9. The van der Waals surface area contributed by atoms with Gasteiger partial charge in [-0.1, -0.05) is 12.1 Å². The summed E-state index contributed by atoms with van der Waals surface area (Å²) in [5.74, 6) is 1.23. The molecule has 5 heteroatoms. The van der Waals surface area contributed by atoms with Crippen LogP contribution in [0, 0.1) is 18.7 Å². The van der Waals surface area contributed by atoms with E-state index in [4.69, 9.17) is 0 Å². The lowest BCUT2D eigenvalue weighted by atomic mass is 10.0. The molecule has 4 nitrogen and oxygen atoms in total. The van der Waals surface area contributed by atoms with E-state index in [9.17, 15) is 4.39 Å². The van der Waals surface area contributed by atoms with Gasteiger partial charge in [-0.2, -0.15) is 0 Å². The molecule has 1 aliphatic rings. The molecule has 2 heterocycles. The Morgan fingerprint density at radius 3 is 2.67 bits per heavy atom. The fourth-order valence-electron chi connectivity index (χ4n) is 2.56. The number of aromatic nitrogens is 2. The van der Waals surface area contributed by atoms with Gasteiger partial charge in [-0.05, 0) is 18.6 Å². The van der Waals surface area contributed by atoms with Gasteiger partial charge < -0.3 is 10.2 Å². The Morgan fingerprint density at radius 1 is 1.29 bits per heavy atom. The highest BCUT2D eigenvalue weighted by Gasteiger charge is 2.19. The maximum Gasteiger partial charge on any atom is 0.146 e. The van der Waals surface area contributed by atoms with E-state index >= 15 is 0 Å². The molecule has 1 N–H and O–H groups in total. The molecule has 1 saturated heterocycles. The summed E-state index contributed by atoms with van der Waals surface area (Å²) < 4.78 is 13.9. The topological polar surface area (TPSA) is 41.1 Å². The van der Waals surface area contributed by atoms with Gasteiger partial charge in [0.1, 0.15) is 11.6 Å². The molecule has 110 valence electrons.